The van der Waals surface area contributed by atoms with E-state index in [2.05, 4.69) is 20.1 Å². The Kier molecular flexibility index (Phi) is 7.70. The monoisotopic (exact) mass is 556 g/mol. The SMILES string of the molecule is Cc1ccc(NS(=O)(=O)c2cccc(C(=O)N/N=C/c3c(C)nn(-c4ccccc4)c3N3CCCC3)c2)c(C)c1. The molecule has 0 unspecified atom stereocenters. The van der Waals surface area contributed by atoms with Crippen molar-refractivity contribution in [3.63, 3.8) is 0 Å². The Balaban J connectivity index is 1.36. The molecule has 2 heterocycles. The molecular formula is C30H32N6O3S. The highest BCUT2D eigenvalue weighted by Gasteiger charge is 2.24. The third-order valence-corrected chi connectivity index (χ3v) is 8.24. The first-order chi connectivity index (χ1) is 19.2. The van der Waals surface area contributed by atoms with Gasteiger partial charge in [-0.1, -0.05) is 42.0 Å². The van der Waals surface area contributed by atoms with Crippen molar-refractivity contribution >= 4 is 33.7 Å². The van der Waals surface area contributed by atoms with Crippen LogP contribution in [-0.2, 0) is 10.0 Å². The highest BCUT2D eigenvalue weighted by Crippen LogP contribution is 2.29. The molecule has 5 rings (SSSR count). The molecule has 0 bridgehead atoms. The molecule has 1 fully saturated rings. The van der Waals surface area contributed by atoms with Crippen LogP contribution in [0.3, 0.4) is 0 Å². The molecule has 1 saturated heterocycles. The van der Waals surface area contributed by atoms with Gasteiger partial charge in [0.2, 0.25) is 0 Å². The number of nitrogens with one attached hydrogen (secondary N) is 2. The zero-order chi connectivity index (χ0) is 28.3. The number of aryl methyl sites for hydroxylation is 3. The summed E-state index contributed by atoms with van der Waals surface area (Å²) in [6, 6.07) is 21.3. The standard InChI is InChI=1S/C30H32N6O3S/c1-21-14-15-28(22(2)18-21)34-40(38,39)26-13-9-10-24(19-26)29(37)32-31-20-27-23(3)33-36(25-11-5-4-6-12-25)30(27)35-16-7-8-17-35/h4-6,9-15,18-20,34H,7-8,16-17H2,1-3H3,(H,32,37)/b31-20+. The second kappa shape index (κ2) is 11.4. The zero-order valence-electron chi connectivity index (χ0n) is 22.8. The fourth-order valence-corrected chi connectivity index (χ4v) is 5.99. The number of sulfonamides is 1. The number of aromatic nitrogens is 2. The highest BCUT2D eigenvalue weighted by atomic mass is 32.2. The molecule has 1 aliphatic rings. The Labute approximate surface area is 234 Å². The molecular weight excluding hydrogens is 524 g/mol. The normalized spacial score (nSPS) is 13.6. The van der Waals surface area contributed by atoms with Crippen molar-refractivity contribution in [2.45, 2.75) is 38.5 Å². The van der Waals surface area contributed by atoms with E-state index in [0.717, 1.165) is 59.8 Å². The Bertz CT molecular complexity index is 1670. The number of carbonyl (C=O) groups is 1. The maximum atomic E-state index is 13.0. The van der Waals surface area contributed by atoms with Gasteiger partial charge in [-0.3, -0.25) is 9.52 Å². The number of amides is 1. The number of hydrazone groups is 1. The number of rotatable bonds is 8. The minimum atomic E-state index is -3.90. The zero-order valence-corrected chi connectivity index (χ0v) is 23.6. The van der Waals surface area contributed by atoms with Gasteiger partial charge in [-0.25, -0.2) is 18.5 Å². The second-order valence-corrected chi connectivity index (χ2v) is 11.6. The van der Waals surface area contributed by atoms with Crippen molar-refractivity contribution in [2.24, 2.45) is 5.10 Å². The van der Waals surface area contributed by atoms with E-state index >= 15 is 0 Å². The van der Waals surface area contributed by atoms with Gasteiger partial charge in [0, 0.05) is 18.7 Å². The fraction of sp³-hybridized carbons (Fsp3) is 0.233. The maximum Gasteiger partial charge on any atom is 0.271 e. The summed E-state index contributed by atoms with van der Waals surface area (Å²) in [5.41, 5.74) is 7.62. The van der Waals surface area contributed by atoms with Crippen molar-refractivity contribution in [3.05, 3.63) is 101 Å². The van der Waals surface area contributed by atoms with Crippen molar-refractivity contribution < 1.29 is 13.2 Å². The van der Waals surface area contributed by atoms with Crippen LogP contribution < -0.4 is 15.0 Å². The first kappa shape index (κ1) is 27.1. The average Bonchev–Trinajstić information content (AvgIpc) is 3.59. The van der Waals surface area contributed by atoms with E-state index in [4.69, 9.17) is 5.10 Å². The molecule has 0 spiro atoms. The summed E-state index contributed by atoms with van der Waals surface area (Å²) in [4.78, 5) is 15.2. The molecule has 4 aromatic rings. The quantitative estimate of drug-likeness (QED) is 0.236. The second-order valence-electron chi connectivity index (χ2n) is 9.92. The van der Waals surface area contributed by atoms with Crippen LogP contribution in [0.2, 0.25) is 0 Å². The van der Waals surface area contributed by atoms with Crippen molar-refractivity contribution in [1.29, 1.82) is 0 Å². The number of para-hydroxylation sites is 1. The molecule has 1 aliphatic heterocycles. The van der Waals surface area contributed by atoms with Gasteiger partial charge in [0.1, 0.15) is 5.82 Å². The predicted molar refractivity (Wildman–Crippen MR) is 158 cm³/mol. The van der Waals surface area contributed by atoms with Crippen molar-refractivity contribution in [2.75, 3.05) is 22.7 Å². The molecule has 206 valence electrons. The van der Waals surface area contributed by atoms with Gasteiger partial charge in [0.25, 0.3) is 15.9 Å². The summed E-state index contributed by atoms with van der Waals surface area (Å²) in [7, 11) is -3.90. The third-order valence-electron chi connectivity index (χ3n) is 6.88. The minimum absolute atomic E-state index is 0.0135. The van der Waals surface area contributed by atoms with E-state index in [0.29, 0.717) is 5.69 Å². The van der Waals surface area contributed by atoms with Crippen LogP contribution in [0, 0.1) is 20.8 Å². The first-order valence-electron chi connectivity index (χ1n) is 13.2. The minimum Gasteiger partial charge on any atom is -0.356 e. The lowest BCUT2D eigenvalue weighted by Crippen LogP contribution is -2.23. The number of nitrogens with zero attached hydrogens (tertiary/aromatic N) is 4. The van der Waals surface area contributed by atoms with Crippen molar-refractivity contribution in [1.82, 2.24) is 15.2 Å². The predicted octanol–water partition coefficient (Wildman–Crippen LogP) is 4.96. The van der Waals surface area contributed by atoms with Gasteiger partial charge < -0.3 is 4.90 Å². The lowest BCUT2D eigenvalue weighted by atomic mass is 10.1. The fourth-order valence-electron chi connectivity index (χ4n) is 4.82. The molecule has 1 amide bonds. The maximum absolute atomic E-state index is 13.0. The molecule has 9 nitrogen and oxygen atoms in total. The molecule has 40 heavy (non-hydrogen) atoms. The first-order valence-corrected chi connectivity index (χ1v) is 14.6. The van der Waals surface area contributed by atoms with Gasteiger partial charge in [-0.05, 0) is 75.6 Å². The van der Waals surface area contributed by atoms with Crippen LogP contribution >= 0.6 is 0 Å². The van der Waals surface area contributed by atoms with E-state index in [9.17, 15) is 13.2 Å². The van der Waals surface area contributed by atoms with Crippen LogP contribution in [0.5, 0.6) is 0 Å². The Morgan fingerprint density at radius 3 is 2.42 bits per heavy atom. The lowest BCUT2D eigenvalue weighted by molar-refractivity contribution is 0.0955. The van der Waals surface area contributed by atoms with E-state index in [1.165, 1.54) is 18.2 Å². The van der Waals surface area contributed by atoms with Gasteiger partial charge in [-0.15, -0.1) is 0 Å². The summed E-state index contributed by atoms with van der Waals surface area (Å²) < 4.78 is 30.6. The van der Waals surface area contributed by atoms with Crippen LogP contribution in [-0.4, -0.2) is 43.4 Å². The van der Waals surface area contributed by atoms with E-state index in [-0.39, 0.29) is 10.5 Å². The molecule has 0 atom stereocenters. The Hall–Kier alpha value is -4.44. The van der Waals surface area contributed by atoms with Gasteiger partial charge in [0.15, 0.2) is 0 Å². The topological polar surface area (TPSA) is 109 Å². The van der Waals surface area contributed by atoms with Gasteiger partial charge >= 0.3 is 0 Å². The molecule has 0 radical (unpaired) electrons. The summed E-state index contributed by atoms with van der Waals surface area (Å²) in [6.45, 7) is 7.54. The van der Waals surface area contributed by atoms with E-state index < -0.39 is 15.9 Å². The molecule has 0 saturated carbocycles. The summed E-state index contributed by atoms with van der Waals surface area (Å²) in [6.07, 6.45) is 3.81. The number of carbonyl (C=O) groups excluding carboxylic acids is 1. The smallest absolute Gasteiger partial charge is 0.271 e. The van der Waals surface area contributed by atoms with E-state index in [1.54, 1.807) is 18.3 Å². The summed E-state index contributed by atoms with van der Waals surface area (Å²) >= 11 is 0. The average molecular weight is 557 g/mol. The van der Waals surface area contributed by atoms with Crippen LogP contribution in [0.15, 0.2) is 82.8 Å². The van der Waals surface area contributed by atoms with Gasteiger partial charge in [-0.2, -0.15) is 10.2 Å². The highest BCUT2D eigenvalue weighted by molar-refractivity contribution is 7.92. The largest absolute Gasteiger partial charge is 0.356 e. The molecule has 2 N–H and O–H groups in total. The number of anilines is 2. The molecule has 3 aromatic carbocycles. The van der Waals surface area contributed by atoms with Crippen molar-refractivity contribution in [3.8, 4) is 5.69 Å². The number of hydrogen-bond acceptors (Lipinski definition) is 6. The lowest BCUT2D eigenvalue weighted by Gasteiger charge is -2.20. The van der Waals surface area contributed by atoms with Gasteiger partial charge in [0.05, 0.1) is 33.7 Å². The number of benzene rings is 3. The third kappa shape index (κ3) is 5.76. The summed E-state index contributed by atoms with van der Waals surface area (Å²) in [5.74, 6) is 0.417. The molecule has 1 aromatic heterocycles. The van der Waals surface area contributed by atoms with Crippen LogP contribution in [0.25, 0.3) is 5.69 Å². The van der Waals surface area contributed by atoms with Crippen LogP contribution in [0.4, 0.5) is 11.5 Å². The van der Waals surface area contributed by atoms with E-state index in [1.807, 2.05) is 67.9 Å². The number of hydrogen-bond donors (Lipinski definition) is 2. The summed E-state index contributed by atoms with van der Waals surface area (Å²) in [5, 5.41) is 8.99. The Morgan fingerprint density at radius 1 is 0.950 bits per heavy atom. The molecule has 10 heteroatoms. The molecule has 0 aliphatic carbocycles. The van der Waals surface area contributed by atoms with Crippen LogP contribution in [0.1, 0.15) is 45.6 Å². The Morgan fingerprint density at radius 2 is 1.70 bits per heavy atom.